The average molecular weight is 468 g/mol. The van der Waals surface area contributed by atoms with Crippen LogP contribution in [0, 0.1) is 0 Å². The maximum absolute atomic E-state index is 12.0. The molecule has 2 rings (SSSR count). The molecule has 0 aliphatic heterocycles. The Morgan fingerprint density at radius 3 is 2.42 bits per heavy atom. The number of carbonyl (C=O) groups excluding carboxylic acids is 1. The third-order valence-electron chi connectivity index (χ3n) is 2.46. The summed E-state index contributed by atoms with van der Waals surface area (Å²) in [6.45, 7) is 0. The Morgan fingerprint density at radius 2 is 1.89 bits per heavy atom. The lowest BCUT2D eigenvalue weighted by Gasteiger charge is -2.04. The number of hydrogen-bond donors (Lipinski definition) is 1. The van der Waals surface area contributed by atoms with Crippen molar-refractivity contribution < 1.29 is 4.79 Å². The predicted octanol–water partition coefficient (Wildman–Crippen LogP) is 5.46. The number of halogens is 3. The van der Waals surface area contributed by atoms with E-state index < -0.39 is 0 Å². The van der Waals surface area contributed by atoms with Gasteiger partial charge in [0.2, 0.25) is 0 Å². The number of anilines is 1. The van der Waals surface area contributed by atoms with Gasteiger partial charge in [-0.25, -0.2) is 0 Å². The Hall–Kier alpha value is -0.170. The molecule has 0 bridgehead atoms. The molecule has 6 heteroatoms. The van der Waals surface area contributed by atoms with Gasteiger partial charge in [-0.1, -0.05) is 28.1 Å². The van der Waals surface area contributed by atoms with Crippen LogP contribution in [0.4, 0.5) is 5.69 Å². The molecule has 1 amide bonds. The number of thiophene rings is 1. The number of hydrogen-bond acceptors (Lipinski definition) is 2. The molecular formula is C13H10Br3NOS. The highest BCUT2D eigenvalue weighted by molar-refractivity contribution is 9.13. The second-order valence-corrected chi connectivity index (χ2v) is 7.84. The molecule has 100 valence electrons. The maximum Gasteiger partial charge on any atom is 0.265 e. The fourth-order valence-electron chi connectivity index (χ4n) is 1.52. The third-order valence-corrected chi connectivity index (χ3v) is 6.12. The van der Waals surface area contributed by atoms with Crippen LogP contribution in [0.2, 0.25) is 0 Å². The molecule has 19 heavy (non-hydrogen) atoms. The molecular weight excluding hydrogens is 458 g/mol. The number of rotatable bonds is 4. The largest absolute Gasteiger partial charge is 0.321 e. The second-order valence-electron chi connectivity index (χ2n) is 3.82. The van der Waals surface area contributed by atoms with Crippen LogP contribution in [0.15, 0.2) is 38.6 Å². The summed E-state index contributed by atoms with van der Waals surface area (Å²) in [6.07, 6.45) is 0.985. The molecule has 0 unspecified atom stereocenters. The zero-order valence-electron chi connectivity index (χ0n) is 9.75. The minimum atomic E-state index is -0.0929. The van der Waals surface area contributed by atoms with E-state index >= 15 is 0 Å². The Balaban J connectivity index is 2.06. The quantitative estimate of drug-likeness (QED) is 0.594. The van der Waals surface area contributed by atoms with E-state index in [0.29, 0.717) is 4.88 Å². The van der Waals surface area contributed by atoms with Gasteiger partial charge in [0.15, 0.2) is 0 Å². The monoisotopic (exact) mass is 465 g/mol. The number of carbonyl (C=O) groups is 1. The van der Waals surface area contributed by atoms with Crippen LogP contribution in [-0.4, -0.2) is 11.2 Å². The Morgan fingerprint density at radius 1 is 1.21 bits per heavy atom. The lowest BCUT2D eigenvalue weighted by Crippen LogP contribution is -2.09. The first-order valence-electron chi connectivity index (χ1n) is 5.51. The van der Waals surface area contributed by atoms with Gasteiger partial charge in [0.05, 0.1) is 8.66 Å². The molecule has 2 nitrogen and oxygen atoms in total. The molecule has 1 aromatic carbocycles. The van der Waals surface area contributed by atoms with E-state index in [-0.39, 0.29) is 5.91 Å². The van der Waals surface area contributed by atoms with E-state index in [1.807, 2.05) is 30.3 Å². The zero-order valence-corrected chi connectivity index (χ0v) is 15.3. The number of aryl methyl sites for hydroxylation is 1. The van der Waals surface area contributed by atoms with Crippen molar-refractivity contribution in [2.75, 3.05) is 10.6 Å². The van der Waals surface area contributed by atoms with E-state index in [1.54, 1.807) is 0 Å². The lowest BCUT2D eigenvalue weighted by molar-refractivity contribution is 0.103. The fraction of sp³-hybridized carbons (Fsp3) is 0.154. The summed E-state index contributed by atoms with van der Waals surface area (Å²) in [7, 11) is 0. The van der Waals surface area contributed by atoms with Gasteiger partial charge in [0.25, 0.3) is 5.91 Å². The van der Waals surface area contributed by atoms with Crippen LogP contribution < -0.4 is 5.32 Å². The summed E-state index contributed by atoms with van der Waals surface area (Å²) in [5, 5.41) is 3.83. The molecule has 0 radical (unpaired) electrons. The van der Waals surface area contributed by atoms with Crippen molar-refractivity contribution >= 4 is 70.7 Å². The van der Waals surface area contributed by atoms with Crippen molar-refractivity contribution in [3.63, 3.8) is 0 Å². The second kappa shape index (κ2) is 7.02. The predicted molar refractivity (Wildman–Crippen MR) is 91.6 cm³/mol. The van der Waals surface area contributed by atoms with E-state index in [4.69, 9.17) is 0 Å². The van der Waals surface area contributed by atoms with Gasteiger partial charge in [-0.05, 0) is 62.0 Å². The fourth-order valence-corrected chi connectivity index (χ4v) is 3.90. The first-order valence-corrected chi connectivity index (χ1v) is 9.03. The smallest absolute Gasteiger partial charge is 0.265 e. The summed E-state index contributed by atoms with van der Waals surface area (Å²) >= 11 is 11.6. The topological polar surface area (TPSA) is 29.1 Å². The van der Waals surface area contributed by atoms with Crippen LogP contribution in [-0.2, 0) is 6.42 Å². The SMILES string of the molecule is O=C(Nc1ccc(CCBr)cc1)c1cc(Br)c(Br)s1. The third kappa shape index (κ3) is 4.15. The van der Waals surface area contributed by atoms with Gasteiger partial charge in [-0.2, -0.15) is 0 Å². The minimum absolute atomic E-state index is 0.0929. The van der Waals surface area contributed by atoms with Crippen molar-refractivity contribution in [1.82, 2.24) is 0 Å². The van der Waals surface area contributed by atoms with Gasteiger partial charge < -0.3 is 5.32 Å². The van der Waals surface area contributed by atoms with Crippen molar-refractivity contribution in [2.24, 2.45) is 0 Å². The Labute approximate surface area is 141 Å². The van der Waals surface area contributed by atoms with Crippen molar-refractivity contribution in [3.8, 4) is 0 Å². The molecule has 2 aromatic rings. The van der Waals surface area contributed by atoms with Gasteiger partial charge in [0, 0.05) is 15.5 Å². The van der Waals surface area contributed by atoms with Crippen LogP contribution in [0.5, 0.6) is 0 Å². The minimum Gasteiger partial charge on any atom is -0.321 e. The normalized spacial score (nSPS) is 10.5. The van der Waals surface area contributed by atoms with E-state index in [2.05, 4.69) is 53.1 Å². The summed E-state index contributed by atoms with van der Waals surface area (Å²) in [5.41, 5.74) is 2.06. The summed E-state index contributed by atoms with van der Waals surface area (Å²) in [6, 6.07) is 9.71. The lowest BCUT2D eigenvalue weighted by atomic mass is 10.1. The van der Waals surface area contributed by atoms with Gasteiger partial charge in [0.1, 0.15) is 0 Å². The molecule has 0 saturated heterocycles. The van der Waals surface area contributed by atoms with Crippen molar-refractivity contribution in [2.45, 2.75) is 6.42 Å². The molecule has 1 N–H and O–H groups in total. The van der Waals surface area contributed by atoms with Crippen LogP contribution in [0.1, 0.15) is 15.2 Å². The van der Waals surface area contributed by atoms with Gasteiger partial charge in [-0.3, -0.25) is 4.79 Å². The highest BCUT2D eigenvalue weighted by atomic mass is 79.9. The molecule has 0 aliphatic rings. The molecule has 1 aromatic heterocycles. The zero-order chi connectivity index (χ0) is 13.8. The molecule has 0 aliphatic carbocycles. The van der Waals surface area contributed by atoms with Gasteiger partial charge >= 0.3 is 0 Å². The summed E-state index contributed by atoms with van der Waals surface area (Å²) < 4.78 is 1.82. The summed E-state index contributed by atoms with van der Waals surface area (Å²) in [4.78, 5) is 12.7. The first-order chi connectivity index (χ1) is 9.10. The number of alkyl halides is 1. The standard InChI is InChI=1S/C13H10Br3NOS/c14-6-5-8-1-3-9(4-2-8)17-13(18)11-7-10(15)12(16)19-11/h1-4,7H,5-6H2,(H,17,18). The van der Waals surface area contributed by atoms with Crippen LogP contribution in [0.3, 0.4) is 0 Å². The van der Waals surface area contributed by atoms with Crippen LogP contribution >= 0.6 is 59.1 Å². The highest BCUT2D eigenvalue weighted by Crippen LogP contribution is 2.32. The molecule has 0 fully saturated rings. The average Bonchev–Trinajstić information content (AvgIpc) is 2.72. The van der Waals surface area contributed by atoms with E-state index in [1.165, 1.54) is 16.9 Å². The van der Waals surface area contributed by atoms with E-state index in [0.717, 1.165) is 25.7 Å². The van der Waals surface area contributed by atoms with Crippen molar-refractivity contribution in [3.05, 3.63) is 49.0 Å². The molecule has 0 spiro atoms. The molecule has 1 heterocycles. The number of nitrogens with one attached hydrogen (secondary N) is 1. The highest BCUT2D eigenvalue weighted by Gasteiger charge is 2.12. The summed E-state index contributed by atoms with van der Waals surface area (Å²) in [5.74, 6) is -0.0929. The Kier molecular flexibility index (Phi) is 5.62. The van der Waals surface area contributed by atoms with Crippen molar-refractivity contribution in [1.29, 1.82) is 0 Å². The van der Waals surface area contributed by atoms with Gasteiger partial charge in [-0.15, -0.1) is 11.3 Å². The molecule has 0 saturated carbocycles. The maximum atomic E-state index is 12.0. The Bertz CT molecular complexity index is 561. The molecule has 0 atom stereocenters. The van der Waals surface area contributed by atoms with Crippen LogP contribution in [0.25, 0.3) is 0 Å². The number of benzene rings is 1. The number of amides is 1. The van der Waals surface area contributed by atoms with E-state index in [9.17, 15) is 4.79 Å². The first kappa shape index (κ1) is 15.2.